The van der Waals surface area contributed by atoms with E-state index in [2.05, 4.69) is 20.6 Å². The van der Waals surface area contributed by atoms with E-state index in [4.69, 9.17) is 5.11 Å². The van der Waals surface area contributed by atoms with Crippen LogP contribution in [0.5, 0.6) is 0 Å². The molecular formula is C13H15F3N6O2. The molecule has 1 saturated carbocycles. The maximum Gasteiger partial charge on any atom is 0.432 e. The van der Waals surface area contributed by atoms with Gasteiger partial charge >= 0.3 is 6.18 Å². The van der Waals surface area contributed by atoms with Gasteiger partial charge in [-0.1, -0.05) is 0 Å². The van der Waals surface area contributed by atoms with Crippen molar-refractivity contribution < 1.29 is 23.1 Å². The van der Waals surface area contributed by atoms with Crippen molar-refractivity contribution in [3.8, 4) is 0 Å². The third kappa shape index (κ3) is 2.98. The Bertz CT molecular complexity index is 747. The van der Waals surface area contributed by atoms with Gasteiger partial charge in [-0.25, -0.2) is 0 Å². The van der Waals surface area contributed by atoms with Crippen molar-refractivity contribution in [2.24, 2.45) is 7.05 Å². The van der Waals surface area contributed by atoms with Gasteiger partial charge in [-0.2, -0.15) is 18.3 Å². The molecule has 0 spiro atoms. The summed E-state index contributed by atoms with van der Waals surface area (Å²) in [6.07, 6.45) is -3.37. The summed E-state index contributed by atoms with van der Waals surface area (Å²) in [6, 6.07) is 0.518. The number of halogens is 3. The van der Waals surface area contributed by atoms with Gasteiger partial charge < -0.3 is 15.0 Å². The van der Waals surface area contributed by atoms with Crippen LogP contribution in [0, 0.1) is 0 Å². The summed E-state index contributed by atoms with van der Waals surface area (Å²) in [7, 11) is 1.75. The van der Waals surface area contributed by atoms with Crippen molar-refractivity contribution in [2.75, 3.05) is 0 Å². The van der Waals surface area contributed by atoms with E-state index in [1.54, 1.807) is 16.7 Å². The third-order valence-electron chi connectivity index (χ3n) is 4.09. The Morgan fingerprint density at radius 1 is 1.46 bits per heavy atom. The summed E-state index contributed by atoms with van der Waals surface area (Å²) in [5.74, 6) is 0.592. The number of hydrogen-bond acceptors (Lipinski definition) is 5. The molecule has 0 saturated heterocycles. The Morgan fingerprint density at radius 3 is 2.71 bits per heavy atom. The number of nitrogens with zero attached hydrogens (tertiary/aromatic N) is 4. The van der Waals surface area contributed by atoms with Crippen molar-refractivity contribution >= 4 is 5.91 Å². The van der Waals surface area contributed by atoms with Crippen LogP contribution in [-0.4, -0.2) is 42.0 Å². The second kappa shape index (κ2) is 5.89. The molecule has 1 aliphatic carbocycles. The number of carbonyl (C=O) groups is 1. The molecule has 24 heavy (non-hydrogen) atoms. The van der Waals surface area contributed by atoms with Gasteiger partial charge in [0.1, 0.15) is 18.1 Å². The molecule has 2 aromatic heterocycles. The summed E-state index contributed by atoms with van der Waals surface area (Å²) in [5.41, 5.74) is -1.36. The van der Waals surface area contributed by atoms with Gasteiger partial charge in [-0.15, -0.1) is 10.2 Å². The van der Waals surface area contributed by atoms with E-state index < -0.39 is 17.8 Å². The summed E-state index contributed by atoms with van der Waals surface area (Å²) < 4.78 is 39.1. The van der Waals surface area contributed by atoms with Crippen LogP contribution >= 0.6 is 0 Å². The minimum Gasteiger partial charge on any atom is -0.388 e. The zero-order valence-corrected chi connectivity index (χ0v) is 12.6. The van der Waals surface area contributed by atoms with E-state index in [-0.39, 0.29) is 24.3 Å². The number of aromatic nitrogens is 5. The maximum absolute atomic E-state index is 12.5. The molecule has 1 aliphatic rings. The number of alkyl halides is 3. The van der Waals surface area contributed by atoms with Gasteiger partial charge in [0.25, 0.3) is 5.91 Å². The van der Waals surface area contributed by atoms with Crippen LogP contribution in [-0.2, 0) is 19.8 Å². The highest BCUT2D eigenvalue weighted by atomic mass is 19.4. The van der Waals surface area contributed by atoms with E-state index >= 15 is 0 Å². The number of H-pyrrole nitrogens is 1. The molecule has 0 radical (unpaired) electrons. The molecule has 0 bridgehead atoms. The molecular weight excluding hydrogens is 329 g/mol. The van der Waals surface area contributed by atoms with Gasteiger partial charge in [-0.05, 0) is 12.8 Å². The highest BCUT2D eigenvalue weighted by molar-refractivity contribution is 5.92. The highest BCUT2D eigenvalue weighted by Gasteiger charge is 2.37. The Labute approximate surface area is 134 Å². The normalized spacial score (nSPS) is 20.7. The molecule has 0 aromatic carbocycles. The molecule has 1 amide bonds. The van der Waals surface area contributed by atoms with Gasteiger partial charge in [0, 0.05) is 25.1 Å². The summed E-state index contributed by atoms with van der Waals surface area (Å²) in [6.45, 7) is -0.211. The number of aliphatic hydroxyl groups is 1. The Hall–Kier alpha value is -2.43. The topological polar surface area (TPSA) is 109 Å². The minimum absolute atomic E-state index is 0.0815. The van der Waals surface area contributed by atoms with Gasteiger partial charge in [0.15, 0.2) is 11.5 Å². The SMILES string of the molecule is Cn1c(CO)nnc1C1CC(NC(=O)c2cc(C(F)(F)F)[nH]n2)C1. The van der Waals surface area contributed by atoms with Crippen molar-refractivity contribution in [2.45, 2.75) is 37.6 Å². The first kappa shape index (κ1) is 16.4. The molecule has 0 unspecified atom stereocenters. The summed E-state index contributed by atoms with van der Waals surface area (Å²) >= 11 is 0. The van der Waals surface area contributed by atoms with Crippen LogP contribution in [0.15, 0.2) is 6.07 Å². The molecule has 0 aliphatic heterocycles. The van der Waals surface area contributed by atoms with Crippen molar-refractivity contribution in [1.29, 1.82) is 0 Å². The van der Waals surface area contributed by atoms with E-state index in [1.807, 2.05) is 0 Å². The van der Waals surface area contributed by atoms with Crippen molar-refractivity contribution in [3.05, 3.63) is 29.1 Å². The zero-order chi connectivity index (χ0) is 17.5. The van der Waals surface area contributed by atoms with Crippen molar-refractivity contribution in [3.63, 3.8) is 0 Å². The highest BCUT2D eigenvalue weighted by Crippen LogP contribution is 2.36. The lowest BCUT2D eigenvalue weighted by atomic mass is 9.79. The van der Waals surface area contributed by atoms with E-state index in [1.165, 1.54) is 0 Å². The standard InChI is InChI=1S/C13H15F3N6O2/c1-22-10(5-23)20-21-11(22)6-2-7(3-6)17-12(24)8-4-9(19-18-8)13(14,15)16/h4,6-7,23H,2-3,5H2,1H3,(H,17,24)(H,18,19). The number of aromatic amines is 1. The first-order chi connectivity index (χ1) is 11.3. The average Bonchev–Trinajstić information content (AvgIpc) is 3.09. The van der Waals surface area contributed by atoms with Crippen LogP contribution in [0.2, 0.25) is 0 Å². The zero-order valence-electron chi connectivity index (χ0n) is 12.6. The lowest BCUT2D eigenvalue weighted by Crippen LogP contribution is -2.44. The van der Waals surface area contributed by atoms with E-state index in [0.29, 0.717) is 30.6 Å². The van der Waals surface area contributed by atoms with Crippen LogP contribution in [0.25, 0.3) is 0 Å². The first-order valence-electron chi connectivity index (χ1n) is 7.22. The first-order valence-corrected chi connectivity index (χ1v) is 7.22. The Kier molecular flexibility index (Phi) is 4.03. The average molecular weight is 344 g/mol. The molecule has 130 valence electrons. The second-order valence-electron chi connectivity index (χ2n) is 5.69. The number of aliphatic hydroxyl groups excluding tert-OH is 1. The van der Waals surface area contributed by atoms with Crippen LogP contribution in [0.3, 0.4) is 0 Å². The number of hydrogen-bond donors (Lipinski definition) is 3. The van der Waals surface area contributed by atoms with Crippen molar-refractivity contribution in [1.82, 2.24) is 30.3 Å². The fourth-order valence-corrected chi connectivity index (χ4v) is 2.66. The fraction of sp³-hybridized carbons (Fsp3) is 0.538. The smallest absolute Gasteiger partial charge is 0.388 e. The third-order valence-corrected chi connectivity index (χ3v) is 4.09. The van der Waals surface area contributed by atoms with Gasteiger partial charge in [0.05, 0.1) is 0 Å². The summed E-state index contributed by atoms with van der Waals surface area (Å²) in [5, 5.41) is 24.8. The minimum atomic E-state index is -4.57. The van der Waals surface area contributed by atoms with E-state index in [9.17, 15) is 18.0 Å². The number of rotatable bonds is 4. The van der Waals surface area contributed by atoms with Gasteiger partial charge in [-0.3, -0.25) is 9.89 Å². The van der Waals surface area contributed by atoms with Crippen LogP contribution in [0.4, 0.5) is 13.2 Å². The van der Waals surface area contributed by atoms with Gasteiger partial charge in [0.2, 0.25) is 0 Å². The number of nitrogens with one attached hydrogen (secondary N) is 2. The number of amides is 1. The van der Waals surface area contributed by atoms with Crippen LogP contribution < -0.4 is 5.32 Å². The predicted octanol–water partition coefficient (Wildman–Crippen LogP) is 0.725. The lowest BCUT2D eigenvalue weighted by Gasteiger charge is -2.34. The summed E-state index contributed by atoms with van der Waals surface area (Å²) in [4.78, 5) is 11.9. The molecule has 3 N–H and O–H groups in total. The lowest BCUT2D eigenvalue weighted by molar-refractivity contribution is -0.141. The monoisotopic (exact) mass is 344 g/mol. The molecule has 3 rings (SSSR count). The Morgan fingerprint density at radius 2 is 2.17 bits per heavy atom. The molecule has 2 heterocycles. The van der Waals surface area contributed by atoms with E-state index in [0.717, 1.165) is 0 Å². The second-order valence-corrected chi connectivity index (χ2v) is 5.69. The molecule has 0 atom stereocenters. The predicted molar refractivity (Wildman–Crippen MR) is 73.7 cm³/mol. The number of carbonyl (C=O) groups excluding carboxylic acids is 1. The molecule has 1 fully saturated rings. The largest absolute Gasteiger partial charge is 0.432 e. The molecule has 2 aromatic rings. The quantitative estimate of drug-likeness (QED) is 0.757. The fourth-order valence-electron chi connectivity index (χ4n) is 2.66. The maximum atomic E-state index is 12.5. The Balaban J connectivity index is 1.56. The molecule has 11 heteroatoms. The van der Waals surface area contributed by atoms with Crippen LogP contribution in [0.1, 0.15) is 46.6 Å². The molecule has 8 nitrogen and oxygen atoms in total.